The van der Waals surface area contributed by atoms with Crippen LogP contribution < -0.4 is 10.0 Å². The van der Waals surface area contributed by atoms with Crippen LogP contribution in [-0.2, 0) is 14.8 Å². The predicted octanol–water partition coefficient (Wildman–Crippen LogP) is 2.56. The van der Waals surface area contributed by atoms with E-state index in [0.29, 0.717) is 24.9 Å². The highest BCUT2D eigenvalue weighted by Crippen LogP contribution is 2.32. The van der Waals surface area contributed by atoms with Crippen LogP contribution in [0.15, 0.2) is 23.1 Å². The first-order valence-corrected chi connectivity index (χ1v) is 10.6. The second kappa shape index (κ2) is 7.89. The van der Waals surface area contributed by atoms with Crippen molar-refractivity contribution in [2.24, 2.45) is 5.14 Å². The molecule has 2 aliphatic rings. The number of sulfonamides is 1. The Hall–Kier alpha value is -1.71. The van der Waals surface area contributed by atoms with Crippen LogP contribution in [0, 0.1) is 10.1 Å². The van der Waals surface area contributed by atoms with E-state index in [4.69, 9.17) is 9.88 Å². The van der Waals surface area contributed by atoms with Crippen molar-refractivity contribution >= 4 is 21.4 Å². The van der Waals surface area contributed by atoms with Crippen LogP contribution in [-0.4, -0.2) is 38.6 Å². The molecule has 1 aromatic carbocycles. The number of hydrogen-bond acceptors (Lipinski definition) is 6. The van der Waals surface area contributed by atoms with Gasteiger partial charge in [-0.2, -0.15) is 0 Å². The van der Waals surface area contributed by atoms with Crippen molar-refractivity contribution in [3.63, 3.8) is 0 Å². The minimum absolute atomic E-state index is 0.185. The Bertz CT molecular complexity index is 754. The van der Waals surface area contributed by atoms with E-state index in [2.05, 4.69) is 0 Å². The standard InChI is InChI=1S/C17H25N3O5S/c18-26(23,24)17-12-13(20(21)22)6-7-16(17)19-10-8-15(9-11-19)25-14-4-2-1-3-5-14/h6-7,12,14-15H,1-5,8-11H2,(H2,18,23,24). The highest BCUT2D eigenvalue weighted by atomic mass is 32.2. The van der Waals surface area contributed by atoms with E-state index in [1.54, 1.807) is 0 Å². The molecule has 3 rings (SSSR count). The molecule has 2 N–H and O–H groups in total. The average molecular weight is 383 g/mol. The summed E-state index contributed by atoms with van der Waals surface area (Å²) in [6.45, 7) is 1.27. The summed E-state index contributed by atoms with van der Waals surface area (Å²) >= 11 is 0. The minimum Gasteiger partial charge on any atom is -0.375 e. The number of piperidine rings is 1. The van der Waals surface area contributed by atoms with Crippen LogP contribution in [0.3, 0.4) is 0 Å². The molecule has 2 fully saturated rings. The SMILES string of the molecule is NS(=O)(=O)c1cc([N+](=O)[O-])ccc1N1CCC(OC2CCCCC2)CC1. The molecule has 0 bridgehead atoms. The van der Waals surface area contributed by atoms with E-state index in [0.717, 1.165) is 31.7 Å². The van der Waals surface area contributed by atoms with Gasteiger partial charge in [0.05, 0.1) is 22.8 Å². The van der Waals surface area contributed by atoms with Crippen molar-refractivity contribution in [2.75, 3.05) is 18.0 Å². The van der Waals surface area contributed by atoms with Gasteiger partial charge in [0.2, 0.25) is 10.0 Å². The quantitative estimate of drug-likeness (QED) is 0.617. The van der Waals surface area contributed by atoms with Gasteiger partial charge in [-0.15, -0.1) is 0 Å². The molecule has 1 aromatic rings. The summed E-state index contributed by atoms with van der Waals surface area (Å²) in [7, 11) is -4.05. The van der Waals surface area contributed by atoms with E-state index in [1.165, 1.54) is 31.4 Å². The highest BCUT2D eigenvalue weighted by Gasteiger charge is 2.28. The van der Waals surface area contributed by atoms with E-state index in [1.807, 2.05) is 4.90 Å². The third-order valence-electron chi connectivity index (χ3n) is 5.18. The van der Waals surface area contributed by atoms with Gasteiger partial charge in [-0.1, -0.05) is 19.3 Å². The fraction of sp³-hybridized carbons (Fsp3) is 0.647. The van der Waals surface area contributed by atoms with Crippen molar-refractivity contribution in [2.45, 2.75) is 62.0 Å². The molecule has 0 aromatic heterocycles. The topological polar surface area (TPSA) is 116 Å². The molecule has 0 radical (unpaired) electrons. The number of non-ortho nitro benzene ring substituents is 1. The number of ether oxygens (including phenoxy) is 1. The Labute approximate surface area is 153 Å². The lowest BCUT2D eigenvalue weighted by molar-refractivity contribution is -0.385. The van der Waals surface area contributed by atoms with Gasteiger partial charge in [-0.3, -0.25) is 10.1 Å². The summed E-state index contributed by atoms with van der Waals surface area (Å²) in [5, 5.41) is 16.2. The first kappa shape index (κ1) is 19.1. The third kappa shape index (κ3) is 4.52. The predicted molar refractivity (Wildman–Crippen MR) is 97.7 cm³/mol. The Morgan fingerprint density at radius 2 is 1.69 bits per heavy atom. The van der Waals surface area contributed by atoms with Crippen LogP contribution in [0.5, 0.6) is 0 Å². The molecule has 0 unspecified atom stereocenters. The second-order valence-corrected chi connectivity index (χ2v) is 8.57. The Kier molecular flexibility index (Phi) is 5.79. The van der Waals surface area contributed by atoms with E-state index >= 15 is 0 Å². The van der Waals surface area contributed by atoms with Gasteiger partial charge in [-0.25, -0.2) is 13.6 Å². The molecule has 1 aliphatic heterocycles. The number of nitrogens with two attached hydrogens (primary N) is 1. The molecule has 1 heterocycles. The van der Waals surface area contributed by atoms with Gasteiger partial charge < -0.3 is 9.64 Å². The van der Waals surface area contributed by atoms with Gasteiger partial charge in [0.25, 0.3) is 5.69 Å². The van der Waals surface area contributed by atoms with Crippen LogP contribution in [0.2, 0.25) is 0 Å². The Morgan fingerprint density at radius 1 is 1.08 bits per heavy atom. The zero-order valence-corrected chi connectivity index (χ0v) is 15.5. The Morgan fingerprint density at radius 3 is 2.27 bits per heavy atom. The van der Waals surface area contributed by atoms with Crippen molar-refractivity contribution < 1.29 is 18.1 Å². The number of nitro groups is 1. The molecule has 1 aliphatic carbocycles. The lowest BCUT2D eigenvalue weighted by atomic mass is 9.97. The monoisotopic (exact) mass is 383 g/mol. The maximum Gasteiger partial charge on any atom is 0.270 e. The molecule has 1 saturated heterocycles. The van der Waals surface area contributed by atoms with Gasteiger partial charge in [0.15, 0.2) is 0 Å². The molecule has 8 nitrogen and oxygen atoms in total. The maximum absolute atomic E-state index is 11.9. The van der Waals surface area contributed by atoms with Crippen LogP contribution in [0.25, 0.3) is 0 Å². The zero-order valence-electron chi connectivity index (χ0n) is 14.7. The van der Waals surface area contributed by atoms with E-state index in [-0.39, 0.29) is 16.7 Å². The average Bonchev–Trinajstić information content (AvgIpc) is 2.62. The van der Waals surface area contributed by atoms with Gasteiger partial charge in [0, 0.05) is 25.2 Å². The van der Waals surface area contributed by atoms with Gasteiger partial charge in [-0.05, 0) is 31.7 Å². The number of anilines is 1. The van der Waals surface area contributed by atoms with Crippen molar-refractivity contribution in [3.8, 4) is 0 Å². The van der Waals surface area contributed by atoms with Crippen molar-refractivity contribution in [3.05, 3.63) is 28.3 Å². The smallest absolute Gasteiger partial charge is 0.270 e. The summed E-state index contributed by atoms with van der Waals surface area (Å²) in [6.07, 6.45) is 8.12. The number of rotatable bonds is 5. The summed E-state index contributed by atoms with van der Waals surface area (Å²) in [6, 6.07) is 3.82. The summed E-state index contributed by atoms with van der Waals surface area (Å²) in [5.74, 6) is 0. The molecule has 144 valence electrons. The number of primary sulfonamides is 1. The van der Waals surface area contributed by atoms with E-state index < -0.39 is 14.9 Å². The number of nitro benzene ring substituents is 1. The first-order chi connectivity index (χ1) is 12.3. The molecule has 9 heteroatoms. The fourth-order valence-electron chi connectivity index (χ4n) is 3.81. The van der Waals surface area contributed by atoms with E-state index in [9.17, 15) is 18.5 Å². The van der Waals surface area contributed by atoms with Gasteiger partial charge in [0.1, 0.15) is 4.90 Å². The summed E-state index contributed by atoms with van der Waals surface area (Å²) in [5.41, 5.74) is 0.141. The van der Waals surface area contributed by atoms with Gasteiger partial charge >= 0.3 is 0 Å². The first-order valence-electron chi connectivity index (χ1n) is 9.06. The second-order valence-electron chi connectivity index (χ2n) is 7.04. The maximum atomic E-state index is 11.9. The Balaban J connectivity index is 1.69. The normalized spacial score (nSPS) is 20.3. The number of benzene rings is 1. The van der Waals surface area contributed by atoms with Crippen LogP contribution in [0.1, 0.15) is 44.9 Å². The largest absolute Gasteiger partial charge is 0.375 e. The fourth-order valence-corrected chi connectivity index (χ4v) is 4.59. The van der Waals surface area contributed by atoms with Crippen molar-refractivity contribution in [1.82, 2.24) is 0 Å². The number of nitrogens with zero attached hydrogens (tertiary/aromatic N) is 2. The molecule has 1 saturated carbocycles. The third-order valence-corrected chi connectivity index (χ3v) is 6.12. The minimum atomic E-state index is -4.05. The lowest BCUT2D eigenvalue weighted by Gasteiger charge is -2.36. The molecule has 0 spiro atoms. The molecule has 0 amide bonds. The summed E-state index contributed by atoms with van der Waals surface area (Å²) < 4.78 is 30.0. The van der Waals surface area contributed by atoms with Crippen LogP contribution >= 0.6 is 0 Å². The lowest BCUT2D eigenvalue weighted by Crippen LogP contribution is -2.39. The molecule has 0 atom stereocenters. The molecular weight excluding hydrogens is 358 g/mol. The number of hydrogen-bond donors (Lipinski definition) is 1. The zero-order chi connectivity index (χ0) is 18.7. The molecule has 26 heavy (non-hydrogen) atoms. The molecular formula is C17H25N3O5S. The summed E-state index contributed by atoms with van der Waals surface area (Å²) in [4.78, 5) is 12.0. The van der Waals surface area contributed by atoms with Crippen LogP contribution in [0.4, 0.5) is 11.4 Å². The van der Waals surface area contributed by atoms with Crippen molar-refractivity contribution in [1.29, 1.82) is 0 Å². The highest BCUT2D eigenvalue weighted by molar-refractivity contribution is 7.89.